The fourth-order valence-electron chi connectivity index (χ4n) is 4.30. The normalized spacial score (nSPS) is 20.9. The van der Waals surface area contributed by atoms with E-state index in [0.29, 0.717) is 18.5 Å². The lowest BCUT2D eigenvalue weighted by Gasteiger charge is -2.33. The molecule has 1 aliphatic carbocycles. The molecule has 1 atom stereocenters. The van der Waals surface area contributed by atoms with E-state index < -0.39 is 0 Å². The van der Waals surface area contributed by atoms with Crippen molar-refractivity contribution in [3.8, 4) is 0 Å². The molecular formula is C21H31N5O. The summed E-state index contributed by atoms with van der Waals surface area (Å²) in [5.41, 5.74) is 3.47. The molecule has 0 bridgehead atoms. The molecule has 146 valence electrons. The number of amides is 1. The Labute approximate surface area is 161 Å². The highest BCUT2D eigenvalue weighted by molar-refractivity contribution is 6.06. The summed E-state index contributed by atoms with van der Waals surface area (Å²) in [7, 11) is 1.90. The minimum absolute atomic E-state index is 0.00657. The molecule has 1 saturated heterocycles. The van der Waals surface area contributed by atoms with Crippen LogP contribution in [0.25, 0.3) is 11.0 Å². The second kappa shape index (κ2) is 7.58. The number of likely N-dealkylation sites (tertiary alicyclic amines) is 1. The van der Waals surface area contributed by atoms with Crippen molar-refractivity contribution in [1.82, 2.24) is 25.0 Å². The van der Waals surface area contributed by atoms with Crippen LogP contribution < -0.4 is 5.32 Å². The Hall–Kier alpha value is -1.95. The van der Waals surface area contributed by atoms with Crippen molar-refractivity contribution in [3.63, 3.8) is 0 Å². The van der Waals surface area contributed by atoms with E-state index in [4.69, 9.17) is 4.98 Å². The summed E-state index contributed by atoms with van der Waals surface area (Å²) < 4.78 is 1.80. The summed E-state index contributed by atoms with van der Waals surface area (Å²) in [5.74, 6) is 0.517. The lowest BCUT2D eigenvalue weighted by molar-refractivity contribution is 0.0950. The molecule has 0 radical (unpaired) electrons. The van der Waals surface area contributed by atoms with Gasteiger partial charge in [0.25, 0.3) is 5.91 Å². The van der Waals surface area contributed by atoms with Gasteiger partial charge in [-0.25, -0.2) is 4.98 Å². The molecule has 2 aromatic rings. The predicted octanol–water partition coefficient (Wildman–Crippen LogP) is 3.15. The molecule has 2 aliphatic rings. The molecule has 27 heavy (non-hydrogen) atoms. The number of hydrogen-bond donors (Lipinski definition) is 1. The van der Waals surface area contributed by atoms with E-state index in [0.717, 1.165) is 41.0 Å². The Morgan fingerprint density at radius 1 is 1.30 bits per heavy atom. The van der Waals surface area contributed by atoms with Gasteiger partial charge in [0.05, 0.1) is 16.6 Å². The van der Waals surface area contributed by atoms with E-state index in [2.05, 4.69) is 22.2 Å². The second-order valence-corrected chi connectivity index (χ2v) is 8.27. The van der Waals surface area contributed by atoms with Crippen molar-refractivity contribution in [2.75, 3.05) is 19.6 Å². The highest BCUT2D eigenvalue weighted by atomic mass is 16.1. The molecular weight excluding hydrogens is 338 g/mol. The van der Waals surface area contributed by atoms with Gasteiger partial charge in [-0.1, -0.05) is 6.42 Å². The third-order valence-corrected chi connectivity index (χ3v) is 6.08. The molecule has 1 N–H and O–H groups in total. The minimum atomic E-state index is 0.00657. The highest BCUT2D eigenvalue weighted by Gasteiger charge is 2.28. The Morgan fingerprint density at radius 2 is 2.11 bits per heavy atom. The summed E-state index contributed by atoms with van der Waals surface area (Å²) in [6.45, 7) is 7.24. The van der Waals surface area contributed by atoms with Crippen molar-refractivity contribution in [1.29, 1.82) is 0 Å². The predicted molar refractivity (Wildman–Crippen MR) is 107 cm³/mol. The highest BCUT2D eigenvalue weighted by Crippen LogP contribution is 2.40. The third kappa shape index (κ3) is 3.86. The van der Waals surface area contributed by atoms with E-state index in [1.54, 1.807) is 4.68 Å². The summed E-state index contributed by atoms with van der Waals surface area (Å²) >= 11 is 0. The molecule has 0 unspecified atom stereocenters. The van der Waals surface area contributed by atoms with E-state index in [1.807, 2.05) is 20.0 Å². The number of nitrogens with zero attached hydrogens (tertiary/aromatic N) is 4. The maximum absolute atomic E-state index is 12.9. The largest absolute Gasteiger partial charge is 0.352 e. The average molecular weight is 370 g/mol. The topological polar surface area (TPSA) is 63.1 Å². The number of aryl methyl sites for hydroxylation is 2. The quantitative estimate of drug-likeness (QED) is 0.795. The summed E-state index contributed by atoms with van der Waals surface area (Å²) in [4.78, 5) is 20.3. The van der Waals surface area contributed by atoms with Gasteiger partial charge in [0.1, 0.15) is 0 Å². The van der Waals surface area contributed by atoms with Crippen LogP contribution in [0.5, 0.6) is 0 Å². The molecule has 1 aliphatic heterocycles. The number of hydrogen-bond acceptors (Lipinski definition) is 4. The number of pyridine rings is 1. The lowest BCUT2D eigenvalue weighted by atomic mass is 10.0. The van der Waals surface area contributed by atoms with Crippen LogP contribution in [0.15, 0.2) is 6.07 Å². The second-order valence-electron chi connectivity index (χ2n) is 8.27. The molecule has 0 aromatic carbocycles. The van der Waals surface area contributed by atoms with Crippen LogP contribution in [0.4, 0.5) is 0 Å². The molecule has 4 rings (SSSR count). The van der Waals surface area contributed by atoms with Crippen LogP contribution in [0, 0.1) is 6.92 Å². The Kier molecular flexibility index (Phi) is 5.17. The molecule has 2 fully saturated rings. The number of carbonyl (C=O) groups excluding carboxylic acids is 1. The molecule has 0 spiro atoms. The van der Waals surface area contributed by atoms with Crippen LogP contribution in [0.3, 0.4) is 0 Å². The smallest absolute Gasteiger partial charge is 0.252 e. The van der Waals surface area contributed by atoms with E-state index in [1.165, 1.54) is 38.6 Å². The summed E-state index contributed by atoms with van der Waals surface area (Å²) in [6.07, 6.45) is 7.28. The fraction of sp³-hybridized carbons (Fsp3) is 0.667. The van der Waals surface area contributed by atoms with Crippen LogP contribution in [0.1, 0.15) is 73.1 Å². The standard InChI is InChI=1S/C21H31N5O/c1-14-7-4-5-11-26(14)12-6-10-22-21(27)17-13-18(16-8-9-16)23-20-19(17)15(2)24-25(20)3/h13-14,16H,4-12H2,1-3H3,(H,22,27)/t14-/m1/s1. The first kappa shape index (κ1) is 18.4. The van der Waals surface area contributed by atoms with Gasteiger partial charge in [-0.15, -0.1) is 0 Å². The Bertz CT molecular complexity index is 839. The van der Waals surface area contributed by atoms with Crippen molar-refractivity contribution in [3.05, 3.63) is 23.0 Å². The average Bonchev–Trinajstić information content (AvgIpc) is 3.46. The monoisotopic (exact) mass is 369 g/mol. The maximum Gasteiger partial charge on any atom is 0.252 e. The van der Waals surface area contributed by atoms with Gasteiger partial charge in [0.15, 0.2) is 5.65 Å². The first-order valence-corrected chi connectivity index (χ1v) is 10.4. The fourth-order valence-corrected chi connectivity index (χ4v) is 4.30. The number of nitrogens with one attached hydrogen (secondary N) is 1. The molecule has 2 aromatic heterocycles. The van der Waals surface area contributed by atoms with Gasteiger partial charge in [-0.05, 0) is 58.6 Å². The number of fused-ring (bicyclic) bond motifs is 1. The molecule has 1 saturated carbocycles. The van der Waals surface area contributed by atoms with Gasteiger partial charge in [0.2, 0.25) is 0 Å². The van der Waals surface area contributed by atoms with Crippen LogP contribution in [-0.4, -0.2) is 51.2 Å². The third-order valence-electron chi connectivity index (χ3n) is 6.08. The van der Waals surface area contributed by atoms with E-state index in [9.17, 15) is 4.79 Å². The summed E-state index contributed by atoms with van der Waals surface area (Å²) in [5, 5.41) is 8.52. The van der Waals surface area contributed by atoms with Crippen LogP contribution in [0.2, 0.25) is 0 Å². The SMILES string of the molecule is Cc1nn(C)c2nc(C3CC3)cc(C(=O)NCCCN3CCCC[C@H]3C)c12. The molecule has 6 heteroatoms. The first-order valence-electron chi connectivity index (χ1n) is 10.4. The lowest BCUT2D eigenvalue weighted by Crippen LogP contribution is -2.39. The Balaban J connectivity index is 1.44. The number of rotatable bonds is 6. The van der Waals surface area contributed by atoms with Crippen LogP contribution in [-0.2, 0) is 7.05 Å². The zero-order valence-corrected chi connectivity index (χ0v) is 16.8. The maximum atomic E-state index is 12.9. The molecule has 6 nitrogen and oxygen atoms in total. The van der Waals surface area contributed by atoms with Crippen molar-refractivity contribution < 1.29 is 4.79 Å². The molecule has 1 amide bonds. The van der Waals surface area contributed by atoms with Crippen LogP contribution >= 0.6 is 0 Å². The van der Waals surface area contributed by atoms with Crippen molar-refractivity contribution in [2.45, 2.75) is 64.3 Å². The Morgan fingerprint density at radius 3 is 2.85 bits per heavy atom. The van der Waals surface area contributed by atoms with Gasteiger partial charge >= 0.3 is 0 Å². The zero-order chi connectivity index (χ0) is 19.0. The van der Waals surface area contributed by atoms with Gasteiger partial charge < -0.3 is 10.2 Å². The van der Waals surface area contributed by atoms with Gasteiger partial charge in [-0.3, -0.25) is 9.48 Å². The van der Waals surface area contributed by atoms with Gasteiger partial charge in [0, 0.05) is 37.8 Å². The van der Waals surface area contributed by atoms with E-state index in [-0.39, 0.29) is 5.91 Å². The minimum Gasteiger partial charge on any atom is -0.352 e. The number of piperidine rings is 1. The van der Waals surface area contributed by atoms with Crippen molar-refractivity contribution in [2.24, 2.45) is 7.05 Å². The number of carbonyl (C=O) groups is 1. The zero-order valence-electron chi connectivity index (χ0n) is 16.8. The molecule has 3 heterocycles. The summed E-state index contributed by atoms with van der Waals surface area (Å²) in [6, 6.07) is 2.67. The number of aromatic nitrogens is 3. The van der Waals surface area contributed by atoms with Crippen molar-refractivity contribution >= 4 is 16.9 Å². The van der Waals surface area contributed by atoms with E-state index >= 15 is 0 Å². The van der Waals surface area contributed by atoms with Gasteiger partial charge in [-0.2, -0.15) is 5.10 Å². The first-order chi connectivity index (χ1) is 13.0.